The molecule has 3 saturated heterocycles. The average Bonchev–Trinajstić information content (AvgIpc) is 3.61. The zero-order valence-corrected chi connectivity index (χ0v) is 20.3. The minimum atomic E-state index is -0.0198. The summed E-state index contributed by atoms with van der Waals surface area (Å²) in [6.45, 7) is 8.79. The summed E-state index contributed by atoms with van der Waals surface area (Å²) in [5, 5.41) is 8.67. The molecule has 4 heterocycles. The van der Waals surface area contributed by atoms with Gasteiger partial charge in [-0.1, -0.05) is 26.7 Å². The van der Waals surface area contributed by atoms with E-state index in [4.69, 9.17) is 4.42 Å². The van der Waals surface area contributed by atoms with E-state index in [0.29, 0.717) is 24.2 Å². The van der Waals surface area contributed by atoms with Crippen molar-refractivity contribution in [2.45, 2.75) is 83.6 Å². The van der Waals surface area contributed by atoms with Gasteiger partial charge in [0.2, 0.25) is 23.6 Å². The van der Waals surface area contributed by atoms with Gasteiger partial charge in [-0.05, 0) is 50.4 Å². The molecule has 1 unspecified atom stereocenters. The first-order chi connectivity index (χ1) is 15.9. The summed E-state index contributed by atoms with van der Waals surface area (Å²) >= 11 is 0. The van der Waals surface area contributed by atoms with Crippen LogP contribution in [0.1, 0.15) is 95.4 Å². The Kier molecular flexibility index (Phi) is 6.47. The third-order valence-corrected chi connectivity index (χ3v) is 8.48. The fraction of sp³-hybridized carbons (Fsp3) is 0.840. The standard InChI is InChI=1S/C25H39N5O3/c1-18(2)22-26-27-23(33-22)20-15-25(17-30(20)16-21(31)28-11-5-6-12-28)9-13-29(14-10-25)24(32)19-7-3-4-8-19/h18-20H,3-17H2,1-2H3. The number of nitrogens with zero attached hydrogens (tertiary/aromatic N) is 5. The van der Waals surface area contributed by atoms with Crippen molar-refractivity contribution in [2.75, 3.05) is 39.3 Å². The van der Waals surface area contributed by atoms with Crippen molar-refractivity contribution >= 4 is 11.8 Å². The van der Waals surface area contributed by atoms with Crippen LogP contribution in [0.15, 0.2) is 4.42 Å². The normalized spacial score (nSPS) is 26.2. The van der Waals surface area contributed by atoms with Crippen molar-refractivity contribution < 1.29 is 14.0 Å². The van der Waals surface area contributed by atoms with Crippen LogP contribution in [0, 0.1) is 11.3 Å². The van der Waals surface area contributed by atoms with Crippen LogP contribution in [0.2, 0.25) is 0 Å². The van der Waals surface area contributed by atoms with Gasteiger partial charge in [-0.3, -0.25) is 14.5 Å². The number of carbonyl (C=O) groups excluding carboxylic acids is 2. The van der Waals surface area contributed by atoms with Gasteiger partial charge in [0.15, 0.2) is 0 Å². The molecule has 5 rings (SSSR count). The Morgan fingerprint density at radius 3 is 2.33 bits per heavy atom. The molecule has 1 saturated carbocycles. The number of hydrogen-bond acceptors (Lipinski definition) is 6. The van der Waals surface area contributed by atoms with Gasteiger partial charge in [0, 0.05) is 44.6 Å². The van der Waals surface area contributed by atoms with Gasteiger partial charge < -0.3 is 14.2 Å². The summed E-state index contributed by atoms with van der Waals surface area (Å²) in [4.78, 5) is 32.4. The van der Waals surface area contributed by atoms with Crippen LogP contribution < -0.4 is 0 Å². The van der Waals surface area contributed by atoms with E-state index in [1.165, 1.54) is 12.8 Å². The van der Waals surface area contributed by atoms with Gasteiger partial charge in [-0.15, -0.1) is 10.2 Å². The van der Waals surface area contributed by atoms with E-state index >= 15 is 0 Å². The Morgan fingerprint density at radius 1 is 1.00 bits per heavy atom. The molecule has 0 N–H and O–H groups in total. The van der Waals surface area contributed by atoms with Gasteiger partial charge in [0.25, 0.3) is 0 Å². The van der Waals surface area contributed by atoms with Crippen LogP contribution in [0.3, 0.4) is 0 Å². The molecule has 4 fully saturated rings. The molecule has 8 nitrogen and oxygen atoms in total. The quantitative estimate of drug-likeness (QED) is 0.674. The molecule has 8 heteroatoms. The lowest BCUT2D eigenvalue weighted by molar-refractivity contribution is -0.137. The van der Waals surface area contributed by atoms with Crippen molar-refractivity contribution in [3.05, 3.63) is 11.8 Å². The molecule has 2 amide bonds. The molecule has 1 aromatic heterocycles. The second-order valence-electron chi connectivity index (χ2n) is 11.2. The maximum atomic E-state index is 13.0. The molecule has 1 aromatic rings. The SMILES string of the molecule is CC(C)c1nnc(C2CC3(CCN(C(=O)C4CCCC4)CC3)CN2CC(=O)N2CCCC2)o1. The zero-order chi connectivity index (χ0) is 23.0. The molecule has 0 radical (unpaired) electrons. The third-order valence-electron chi connectivity index (χ3n) is 8.48. The van der Waals surface area contributed by atoms with Crippen molar-refractivity contribution in [3.63, 3.8) is 0 Å². The van der Waals surface area contributed by atoms with Crippen molar-refractivity contribution in [2.24, 2.45) is 11.3 Å². The molecular formula is C25H39N5O3. The van der Waals surface area contributed by atoms with E-state index in [0.717, 1.165) is 77.7 Å². The van der Waals surface area contributed by atoms with E-state index in [2.05, 4.69) is 33.8 Å². The van der Waals surface area contributed by atoms with Crippen molar-refractivity contribution in [1.29, 1.82) is 0 Å². The minimum Gasteiger partial charge on any atom is -0.423 e. The maximum absolute atomic E-state index is 13.0. The Labute approximate surface area is 197 Å². The molecule has 1 atom stereocenters. The van der Waals surface area contributed by atoms with E-state index in [9.17, 15) is 9.59 Å². The fourth-order valence-corrected chi connectivity index (χ4v) is 6.40. The Morgan fingerprint density at radius 2 is 1.70 bits per heavy atom. The smallest absolute Gasteiger partial charge is 0.236 e. The monoisotopic (exact) mass is 457 g/mol. The predicted molar refractivity (Wildman–Crippen MR) is 123 cm³/mol. The maximum Gasteiger partial charge on any atom is 0.236 e. The summed E-state index contributed by atoms with van der Waals surface area (Å²) in [5.74, 6) is 2.33. The zero-order valence-electron chi connectivity index (χ0n) is 20.3. The second kappa shape index (κ2) is 9.35. The lowest BCUT2D eigenvalue weighted by Crippen LogP contribution is -2.46. The molecular weight excluding hydrogens is 418 g/mol. The summed E-state index contributed by atoms with van der Waals surface area (Å²) in [6.07, 6.45) is 9.61. The number of rotatable bonds is 5. The minimum absolute atomic E-state index is 0.0198. The first-order valence-corrected chi connectivity index (χ1v) is 13.1. The van der Waals surface area contributed by atoms with Crippen LogP contribution in [-0.2, 0) is 9.59 Å². The summed E-state index contributed by atoms with van der Waals surface area (Å²) in [5.41, 5.74) is 0.106. The van der Waals surface area contributed by atoms with Gasteiger partial charge in [0.05, 0.1) is 12.6 Å². The highest BCUT2D eigenvalue weighted by Crippen LogP contribution is 2.49. The third kappa shape index (κ3) is 4.68. The molecule has 4 aliphatic rings. The topological polar surface area (TPSA) is 82.8 Å². The van der Waals surface area contributed by atoms with Crippen LogP contribution >= 0.6 is 0 Å². The van der Waals surface area contributed by atoms with Crippen LogP contribution in [0.25, 0.3) is 0 Å². The lowest BCUT2D eigenvalue weighted by Gasteiger charge is -2.40. The molecule has 1 aliphatic carbocycles. The number of likely N-dealkylation sites (tertiary alicyclic amines) is 3. The number of piperidine rings is 1. The molecule has 0 bridgehead atoms. The van der Waals surface area contributed by atoms with Crippen LogP contribution in [0.5, 0.6) is 0 Å². The van der Waals surface area contributed by atoms with E-state index < -0.39 is 0 Å². The van der Waals surface area contributed by atoms with E-state index in [1.807, 2.05) is 4.90 Å². The molecule has 182 valence electrons. The highest BCUT2D eigenvalue weighted by molar-refractivity contribution is 5.79. The first kappa shape index (κ1) is 22.8. The van der Waals surface area contributed by atoms with Crippen molar-refractivity contribution in [1.82, 2.24) is 24.9 Å². The second-order valence-corrected chi connectivity index (χ2v) is 11.2. The summed E-state index contributed by atoms with van der Waals surface area (Å²) in [7, 11) is 0. The molecule has 33 heavy (non-hydrogen) atoms. The lowest BCUT2D eigenvalue weighted by atomic mass is 9.76. The van der Waals surface area contributed by atoms with E-state index in [-0.39, 0.29) is 29.2 Å². The first-order valence-electron chi connectivity index (χ1n) is 13.1. The summed E-state index contributed by atoms with van der Waals surface area (Å²) < 4.78 is 6.07. The Bertz CT molecular complexity index is 848. The van der Waals surface area contributed by atoms with Crippen molar-refractivity contribution in [3.8, 4) is 0 Å². The highest BCUT2D eigenvalue weighted by atomic mass is 16.4. The van der Waals surface area contributed by atoms with Gasteiger partial charge in [-0.25, -0.2) is 0 Å². The highest BCUT2D eigenvalue weighted by Gasteiger charge is 2.49. The summed E-state index contributed by atoms with van der Waals surface area (Å²) in [6, 6.07) is -0.0198. The Balaban J connectivity index is 1.29. The molecule has 1 spiro atoms. The number of carbonyl (C=O) groups is 2. The average molecular weight is 458 g/mol. The van der Waals surface area contributed by atoms with E-state index in [1.54, 1.807) is 0 Å². The predicted octanol–water partition coefficient (Wildman–Crippen LogP) is 3.36. The Hall–Kier alpha value is -1.96. The van der Waals surface area contributed by atoms with Gasteiger partial charge in [0.1, 0.15) is 0 Å². The molecule has 0 aromatic carbocycles. The van der Waals surface area contributed by atoms with Gasteiger partial charge >= 0.3 is 0 Å². The van der Waals surface area contributed by atoms with Gasteiger partial charge in [-0.2, -0.15) is 0 Å². The number of hydrogen-bond donors (Lipinski definition) is 0. The molecule has 3 aliphatic heterocycles. The number of aromatic nitrogens is 2. The number of amides is 2. The van der Waals surface area contributed by atoms with Crippen LogP contribution in [0.4, 0.5) is 0 Å². The fourth-order valence-electron chi connectivity index (χ4n) is 6.40. The van der Waals surface area contributed by atoms with Crippen LogP contribution in [-0.4, -0.2) is 76.0 Å². The largest absolute Gasteiger partial charge is 0.423 e.